The van der Waals surface area contributed by atoms with Crippen molar-refractivity contribution in [3.8, 4) is 11.6 Å². The lowest BCUT2D eigenvalue weighted by Crippen LogP contribution is -2.36. The summed E-state index contributed by atoms with van der Waals surface area (Å²) in [6.45, 7) is 2.91. The Morgan fingerprint density at radius 3 is 2.70 bits per heavy atom. The normalized spacial score (nSPS) is 14.4. The number of ether oxygens (including phenoxy) is 1. The molecule has 1 amide bonds. The van der Waals surface area contributed by atoms with E-state index in [0.717, 1.165) is 23.1 Å². The van der Waals surface area contributed by atoms with E-state index in [2.05, 4.69) is 20.3 Å². The molecule has 3 heterocycles. The van der Waals surface area contributed by atoms with Crippen LogP contribution in [0.4, 0.5) is 15.2 Å². The molecular weight excluding hydrogens is 441 g/mol. The second kappa shape index (κ2) is 9.11. The van der Waals surface area contributed by atoms with E-state index in [4.69, 9.17) is 4.74 Å². The first kappa shape index (κ1) is 21.3. The van der Waals surface area contributed by atoms with Gasteiger partial charge in [0, 0.05) is 50.1 Å². The number of fused-ring (bicyclic) bond motifs is 1. The van der Waals surface area contributed by atoms with Crippen molar-refractivity contribution >= 4 is 38.3 Å². The molecule has 1 N–H and O–H groups in total. The van der Waals surface area contributed by atoms with Crippen molar-refractivity contribution in [1.29, 1.82) is 0 Å². The van der Waals surface area contributed by atoms with Crippen LogP contribution in [0.25, 0.3) is 10.2 Å². The predicted molar refractivity (Wildman–Crippen MR) is 126 cm³/mol. The van der Waals surface area contributed by atoms with Crippen molar-refractivity contribution < 1.29 is 13.9 Å². The molecule has 0 unspecified atom stereocenters. The molecule has 168 valence electrons. The summed E-state index contributed by atoms with van der Waals surface area (Å²) in [6, 6.07) is 12.5. The van der Waals surface area contributed by atoms with Crippen molar-refractivity contribution in [2.24, 2.45) is 0 Å². The number of hydrogen-bond donors (Lipinski definition) is 1. The molecule has 2 aromatic heterocycles. The Labute approximate surface area is 194 Å². The Morgan fingerprint density at radius 1 is 1.15 bits per heavy atom. The summed E-state index contributed by atoms with van der Waals surface area (Å²) >= 11 is 1.51. The first-order chi connectivity index (χ1) is 16.1. The van der Waals surface area contributed by atoms with Gasteiger partial charge in [-0.25, -0.2) is 14.4 Å². The average molecular weight is 464 g/mol. The van der Waals surface area contributed by atoms with Crippen LogP contribution in [0.15, 0.2) is 54.9 Å². The van der Waals surface area contributed by atoms with Crippen LogP contribution in [0.3, 0.4) is 0 Å². The molecule has 33 heavy (non-hydrogen) atoms. The van der Waals surface area contributed by atoms with E-state index in [0.29, 0.717) is 35.5 Å². The topological polar surface area (TPSA) is 80.2 Å². The number of nitrogens with zero attached hydrogens (tertiary/aromatic N) is 4. The lowest BCUT2D eigenvalue weighted by molar-refractivity contribution is -0.129. The maximum atomic E-state index is 14.9. The second-order valence-electron chi connectivity index (χ2n) is 7.89. The number of hydrogen-bond acceptors (Lipinski definition) is 7. The summed E-state index contributed by atoms with van der Waals surface area (Å²) in [5, 5.41) is 3.85. The van der Waals surface area contributed by atoms with Crippen molar-refractivity contribution in [2.45, 2.75) is 25.7 Å². The first-order valence-corrected chi connectivity index (χ1v) is 11.5. The Balaban J connectivity index is 1.31. The van der Waals surface area contributed by atoms with Gasteiger partial charge < -0.3 is 15.0 Å². The zero-order valence-corrected chi connectivity index (χ0v) is 18.8. The van der Waals surface area contributed by atoms with Crippen LogP contribution in [0.5, 0.6) is 11.6 Å². The zero-order valence-electron chi connectivity index (χ0n) is 18.0. The van der Waals surface area contributed by atoms with Gasteiger partial charge >= 0.3 is 0 Å². The molecule has 2 aromatic carbocycles. The van der Waals surface area contributed by atoms with E-state index in [1.54, 1.807) is 25.3 Å². The summed E-state index contributed by atoms with van der Waals surface area (Å²) in [7, 11) is 0. The maximum Gasteiger partial charge on any atom is 0.241 e. The Hall–Kier alpha value is -3.59. The van der Waals surface area contributed by atoms with Gasteiger partial charge in [0.15, 0.2) is 16.7 Å². The largest absolute Gasteiger partial charge is 0.434 e. The SMILES string of the molecule is CC(=O)N1CCC(c2nccnc2Oc2ccc(Nc3nc4ccccc4s3)cc2F)CC1. The van der Waals surface area contributed by atoms with Crippen molar-refractivity contribution in [3.63, 3.8) is 0 Å². The number of aromatic nitrogens is 3. The smallest absolute Gasteiger partial charge is 0.241 e. The molecule has 0 saturated carbocycles. The van der Waals surface area contributed by atoms with Gasteiger partial charge in [-0.1, -0.05) is 23.5 Å². The molecule has 0 spiro atoms. The average Bonchev–Trinajstić information content (AvgIpc) is 3.23. The van der Waals surface area contributed by atoms with Gasteiger partial charge in [-0.15, -0.1) is 0 Å². The van der Waals surface area contributed by atoms with Crippen LogP contribution in [-0.4, -0.2) is 38.8 Å². The van der Waals surface area contributed by atoms with E-state index in [1.807, 2.05) is 29.2 Å². The summed E-state index contributed by atoms with van der Waals surface area (Å²) in [4.78, 5) is 26.7. The monoisotopic (exact) mass is 463 g/mol. The molecule has 4 aromatic rings. The molecule has 1 saturated heterocycles. The molecule has 1 aliphatic heterocycles. The van der Waals surface area contributed by atoms with Crippen LogP contribution in [-0.2, 0) is 4.79 Å². The highest BCUT2D eigenvalue weighted by atomic mass is 32.1. The fourth-order valence-electron chi connectivity index (χ4n) is 3.98. The number of amides is 1. The number of carbonyl (C=O) groups excluding carboxylic acids is 1. The minimum absolute atomic E-state index is 0.0747. The molecule has 7 nitrogen and oxygen atoms in total. The first-order valence-electron chi connectivity index (χ1n) is 10.7. The quantitative estimate of drug-likeness (QED) is 0.422. The minimum atomic E-state index is -0.510. The van der Waals surface area contributed by atoms with Crippen LogP contribution in [0.1, 0.15) is 31.4 Å². The third-order valence-corrected chi connectivity index (χ3v) is 6.65. The standard InChI is InChI=1S/C24H22FN5O2S/c1-15(31)30-12-8-16(9-13-30)22-23(27-11-10-26-22)32-20-7-6-17(14-18(20)25)28-24-29-19-4-2-3-5-21(19)33-24/h2-7,10-11,14,16H,8-9,12-13H2,1H3,(H,28,29). The van der Waals surface area contributed by atoms with Crippen molar-refractivity contribution in [3.05, 3.63) is 66.4 Å². The van der Waals surface area contributed by atoms with Gasteiger partial charge in [0.1, 0.15) is 5.69 Å². The fourth-order valence-corrected chi connectivity index (χ4v) is 4.86. The molecule has 0 radical (unpaired) electrons. The molecular formula is C24H22FN5O2S. The third kappa shape index (κ3) is 4.63. The number of para-hydroxylation sites is 1. The zero-order chi connectivity index (χ0) is 22.8. The van der Waals surface area contributed by atoms with Gasteiger partial charge in [-0.3, -0.25) is 9.78 Å². The number of rotatable bonds is 5. The number of thiazole rings is 1. The van der Waals surface area contributed by atoms with Gasteiger partial charge in [-0.2, -0.15) is 0 Å². The summed E-state index contributed by atoms with van der Waals surface area (Å²) in [5.41, 5.74) is 2.17. The molecule has 9 heteroatoms. The molecule has 0 bridgehead atoms. The number of halogens is 1. The Bertz CT molecular complexity index is 1270. The maximum absolute atomic E-state index is 14.9. The van der Waals surface area contributed by atoms with Crippen molar-refractivity contribution in [1.82, 2.24) is 19.9 Å². The fraction of sp³-hybridized carbons (Fsp3) is 0.250. The Kier molecular flexibility index (Phi) is 5.87. The van der Waals surface area contributed by atoms with Crippen LogP contribution >= 0.6 is 11.3 Å². The molecule has 1 fully saturated rings. The minimum Gasteiger partial charge on any atom is -0.434 e. The summed E-state index contributed by atoms with van der Waals surface area (Å²) in [5.74, 6) is 0.0412. The molecule has 1 aliphatic rings. The van der Waals surface area contributed by atoms with Gasteiger partial charge in [-0.05, 0) is 37.1 Å². The van der Waals surface area contributed by atoms with E-state index < -0.39 is 5.82 Å². The predicted octanol–water partition coefficient (Wildman–Crippen LogP) is 5.49. The highest BCUT2D eigenvalue weighted by Crippen LogP contribution is 2.35. The van der Waals surface area contributed by atoms with Gasteiger partial charge in [0.25, 0.3) is 0 Å². The van der Waals surface area contributed by atoms with Gasteiger partial charge in [0.05, 0.1) is 10.2 Å². The number of benzene rings is 2. The number of carbonyl (C=O) groups is 1. The highest BCUT2D eigenvalue weighted by molar-refractivity contribution is 7.22. The van der Waals surface area contributed by atoms with Crippen LogP contribution in [0.2, 0.25) is 0 Å². The number of likely N-dealkylation sites (tertiary alicyclic amines) is 1. The Morgan fingerprint density at radius 2 is 1.94 bits per heavy atom. The number of anilines is 2. The lowest BCUT2D eigenvalue weighted by Gasteiger charge is -2.31. The van der Waals surface area contributed by atoms with Crippen LogP contribution in [0, 0.1) is 5.82 Å². The summed E-state index contributed by atoms with van der Waals surface area (Å²) < 4.78 is 21.8. The highest BCUT2D eigenvalue weighted by Gasteiger charge is 2.26. The van der Waals surface area contributed by atoms with E-state index in [-0.39, 0.29) is 17.6 Å². The van der Waals surface area contributed by atoms with Crippen molar-refractivity contribution in [2.75, 3.05) is 18.4 Å². The lowest BCUT2D eigenvalue weighted by atomic mass is 9.93. The van der Waals surface area contributed by atoms with E-state index >= 15 is 0 Å². The number of nitrogens with one attached hydrogen (secondary N) is 1. The number of piperidine rings is 1. The molecule has 0 atom stereocenters. The third-order valence-electron chi connectivity index (χ3n) is 5.70. The van der Waals surface area contributed by atoms with Gasteiger partial charge in [0.2, 0.25) is 11.8 Å². The summed E-state index contributed by atoms with van der Waals surface area (Å²) in [6.07, 6.45) is 4.68. The molecule has 5 rings (SSSR count). The van der Waals surface area contributed by atoms with E-state index in [1.165, 1.54) is 23.6 Å². The van der Waals surface area contributed by atoms with E-state index in [9.17, 15) is 9.18 Å². The second-order valence-corrected chi connectivity index (χ2v) is 8.92. The van der Waals surface area contributed by atoms with Crippen LogP contribution < -0.4 is 10.1 Å². The molecule has 0 aliphatic carbocycles.